The van der Waals surface area contributed by atoms with Gasteiger partial charge in [0.2, 0.25) is 0 Å². The van der Waals surface area contributed by atoms with Crippen LogP contribution in [0.5, 0.6) is 0 Å². The van der Waals surface area contributed by atoms with Crippen molar-refractivity contribution in [3.8, 4) is 0 Å². The van der Waals surface area contributed by atoms with E-state index in [9.17, 15) is 38.9 Å². The second kappa shape index (κ2) is 14.6. The Hall–Kier alpha value is -4.02. The molecular weight excluding hydrogens is 772 g/mol. The van der Waals surface area contributed by atoms with Crippen LogP contribution in [0.4, 0.5) is 5.69 Å². The van der Waals surface area contributed by atoms with Crippen LogP contribution in [0.1, 0.15) is 49.3 Å². The van der Waals surface area contributed by atoms with Gasteiger partial charge in [-0.3, -0.25) is 13.7 Å². The van der Waals surface area contributed by atoms with Crippen molar-refractivity contribution < 1.29 is 38.9 Å². The maximum absolute atomic E-state index is 12.3. The summed E-state index contributed by atoms with van der Waals surface area (Å²) in [4.78, 5) is 1.93. The average molecular weight is 811 g/mol. The van der Waals surface area contributed by atoms with Crippen molar-refractivity contribution >= 4 is 86.2 Å². The van der Waals surface area contributed by atoms with E-state index in [4.69, 9.17) is 11.6 Å². The summed E-state index contributed by atoms with van der Waals surface area (Å²) in [6.45, 7) is 2.68. The van der Waals surface area contributed by atoms with Crippen molar-refractivity contribution in [2.75, 3.05) is 23.0 Å². The molecule has 0 fully saturated rings. The summed E-state index contributed by atoms with van der Waals surface area (Å²) in [7, 11) is -12.9. The first kappa shape index (κ1) is 38.3. The average Bonchev–Trinajstić information content (AvgIpc) is 3.56. The lowest BCUT2D eigenvalue weighted by Gasteiger charge is -2.27. The number of benzene rings is 4. The number of aryl methyl sites for hydroxylation is 2. The number of hydrogen-bond acceptors (Lipinski definition) is 7. The van der Waals surface area contributed by atoms with Gasteiger partial charge in [0.05, 0.1) is 17.5 Å². The fourth-order valence-electron chi connectivity index (χ4n) is 7.97. The summed E-state index contributed by atoms with van der Waals surface area (Å²) in [5.41, 5.74) is 5.70. The van der Waals surface area contributed by atoms with E-state index in [1.807, 2.05) is 34.9 Å². The SMILES string of the molecule is Cc1ccc2c3c(cccc13)C(/C=C/C1=C(Cl)C(=C/C=c3c4cccc5c(S(=O)(=O)O)ccc(c54)n3CCCS(=O)(=O)O)/CCC1)N2CCCS(=O)(=O)O. The quantitative estimate of drug-likeness (QED) is 0.109. The first-order valence-electron chi connectivity index (χ1n) is 17.5. The fraction of sp³-hybridized carbons (Fsp3) is 0.282. The van der Waals surface area contributed by atoms with E-state index in [0.29, 0.717) is 45.0 Å². The summed E-state index contributed by atoms with van der Waals surface area (Å²) in [6.07, 6.45) is 10.5. The number of rotatable bonds is 12. The lowest BCUT2D eigenvalue weighted by Crippen LogP contribution is -2.26. The van der Waals surface area contributed by atoms with Crippen molar-refractivity contribution in [1.82, 2.24) is 4.57 Å². The van der Waals surface area contributed by atoms with Gasteiger partial charge in [0.25, 0.3) is 30.4 Å². The second-order valence-electron chi connectivity index (χ2n) is 13.8. The summed E-state index contributed by atoms with van der Waals surface area (Å²) in [5, 5.41) is 5.15. The highest BCUT2D eigenvalue weighted by molar-refractivity contribution is 7.86. The molecule has 0 radical (unpaired) electrons. The first-order chi connectivity index (χ1) is 25.5. The third-order valence-corrected chi connectivity index (χ3v) is 13.3. The molecule has 2 heterocycles. The molecule has 0 spiro atoms. The molecular formula is C39H39ClN2O9S3. The Bertz CT molecular complexity index is 2820. The molecule has 3 N–H and O–H groups in total. The molecule has 1 unspecified atom stereocenters. The van der Waals surface area contributed by atoms with Gasteiger partial charge < -0.3 is 9.47 Å². The van der Waals surface area contributed by atoms with Gasteiger partial charge in [0, 0.05) is 56.2 Å². The lowest BCUT2D eigenvalue weighted by atomic mass is 9.93. The van der Waals surface area contributed by atoms with Gasteiger partial charge in [-0.25, -0.2) is 0 Å². The highest BCUT2D eigenvalue weighted by Crippen LogP contribution is 2.46. The molecule has 0 saturated carbocycles. The van der Waals surface area contributed by atoms with E-state index in [1.165, 1.54) is 6.07 Å². The number of halogens is 1. The Labute approximate surface area is 319 Å². The third kappa shape index (κ3) is 7.61. The Morgan fingerprint density at radius 3 is 2.19 bits per heavy atom. The molecule has 2 aliphatic rings. The minimum atomic E-state index is -4.53. The predicted molar refractivity (Wildman–Crippen MR) is 214 cm³/mol. The van der Waals surface area contributed by atoms with Crippen molar-refractivity contribution in [3.63, 3.8) is 0 Å². The van der Waals surface area contributed by atoms with Gasteiger partial charge in [0.1, 0.15) is 4.90 Å². The number of allylic oxidation sites excluding steroid dienone is 5. The highest BCUT2D eigenvalue weighted by Gasteiger charge is 2.30. The normalized spacial score (nSPS) is 18.2. The number of nitrogens with zero attached hydrogens (tertiary/aromatic N) is 2. The molecule has 0 bridgehead atoms. The third-order valence-electron chi connectivity index (χ3n) is 10.3. The van der Waals surface area contributed by atoms with Crippen LogP contribution >= 0.6 is 11.6 Å². The molecule has 11 nitrogen and oxygen atoms in total. The molecule has 0 amide bonds. The smallest absolute Gasteiger partial charge is 0.295 e. The van der Waals surface area contributed by atoms with Gasteiger partial charge in [-0.15, -0.1) is 0 Å². The van der Waals surface area contributed by atoms with E-state index >= 15 is 0 Å². The first-order valence-corrected chi connectivity index (χ1v) is 22.5. The predicted octanol–water partition coefficient (Wildman–Crippen LogP) is 7.28. The maximum Gasteiger partial charge on any atom is 0.295 e. The molecule has 4 aromatic carbocycles. The molecule has 7 rings (SSSR count). The number of hydrogen-bond donors (Lipinski definition) is 3. The zero-order valence-electron chi connectivity index (χ0n) is 29.3. The van der Waals surface area contributed by atoms with E-state index in [2.05, 4.69) is 42.2 Å². The van der Waals surface area contributed by atoms with Crippen molar-refractivity contribution in [3.05, 3.63) is 112 Å². The van der Waals surface area contributed by atoms with Crippen LogP contribution in [0, 0.1) is 6.92 Å². The highest BCUT2D eigenvalue weighted by atomic mass is 35.5. The van der Waals surface area contributed by atoms with Gasteiger partial charge in [-0.1, -0.05) is 72.3 Å². The molecule has 5 aromatic rings. The Morgan fingerprint density at radius 2 is 1.46 bits per heavy atom. The molecule has 1 atom stereocenters. The minimum absolute atomic E-state index is 0.100. The summed E-state index contributed by atoms with van der Waals surface area (Å²) in [5.74, 6) is -0.798. The maximum atomic E-state index is 12.3. The van der Waals surface area contributed by atoms with Gasteiger partial charge >= 0.3 is 0 Å². The summed E-state index contributed by atoms with van der Waals surface area (Å²) < 4.78 is 101. The Kier molecular flexibility index (Phi) is 10.3. The van der Waals surface area contributed by atoms with Crippen LogP contribution in [0.25, 0.3) is 38.5 Å². The summed E-state index contributed by atoms with van der Waals surface area (Å²) in [6, 6.07) is 18.2. The monoisotopic (exact) mass is 810 g/mol. The van der Waals surface area contributed by atoms with E-state index < -0.39 is 36.1 Å². The van der Waals surface area contributed by atoms with Gasteiger partial charge in [0.15, 0.2) is 0 Å². The molecule has 15 heteroatoms. The van der Waals surface area contributed by atoms with E-state index in [1.54, 1.807) is 18.2 Å². The van der Waals surface area contributed by atoms with Crippen LogP contribution < -0.4 is 10.2 Å². The molecule has 1 aliphatic carbocycles. The molecule has 0 saturated heterocycles. The lowest BCUT2D eigenvalue weighted by molar-refractivity contribution is 0.477. The second-order valence-corrected chi connectivity index (χ2v) is 18.7. The van der Waals surface area contributed by atoms with Crippen LogP contribution in [0.2, 0.25) is 0 Å². The standard InChI is InChI=1S/C39H39ClN2O9S3/c1-25-13-16-34-37-28(25)9-3-10-29(37)32(41(34)21-5-23-52(43,44)45)17-14-26-7-2-8-27(39(26)40)15-18-33-30-11-4-12-31-36(54(49,50)51)20-19-35(38(30)31)42(33)22-6-24-53(46,47)48/h3-4,9-20,32H,2,5-8,21-24H2,1H3,(H,43,44,45)(H,46,47,48)(H,49,50,51)/b17-14+,27-15+,33-18?. The molecule has 284 valence electrons. The van der Waals surface area contributed by atoms with Crippen LogP contribution in [0.3, 0.4) is 0 Å². The zero-order valence-corrected chi connectivity index (χ0v) is 32.5. The van der Waals surface area contributed by atoms with Crippen LogP contribution in [0.15, 0.2) is 100.0 Å². The Morgan fingerprint density at radius 1 is 0.778 bits per heavy atom. The zero-order chi connectivity index (χ0) is 38.6. The van der Waals surface area contributed by atoms with Gasteiger partial charge in [-0.05, 0) is 91.0 Å². The van der Waals surface area contributed by atoms with E-state index in [-0.39, 0.29) is 36.1 Å². The van der Waals surface area contributed by atoms with Crippen LogP contribution in [-0.2, 0) is 36.9 Å². The van der Waals surface area contributed by atoms with Gasteiger partial charge in [-0.2, -0.15) is 25.3 Å². The topological polar surface area (TPSA) is 171 Å². The molecule has 1 aromatic heterocycles. The number of anilines is 1. The largest absolute Gasteiger partial charge is 0.360 e. The van der Waals surface area contributed by atoms with E-state index in [0.717, 1.165) is 51.6 Å². The molecule has 1 aliphatic heterocycles. The fourth-order valence-corrected chi connectivity index (χ4v) is 9.96. The molecule has 54 heavy (non-hydrogen) atoms. The van der Waals surface area contributed by atoms with Crippen molar-refractivity contribution in [2.24, 2.45) is 0 Å². The minimum Gasteiger partial charge on any atom is -0.360 e. The van der Waals surface area contributed by atoms with Crippen molar-refractivity contribution in [1.29, 1.82) is 0 Å². The van der Waals surface area contributed by atoms with Crippen LogP contribution in [-0.4, -0.2) is 61.5 Å². The Balaban J connectivity index is 1.28. The summed E-state index contributed by atoms with van der Waals surface area (Å²) >= 11 is 7.11. The number of aromatic nitrogens is 1. The van der Waals surface area contributed by atoms with Crippen molar-refractivity contribution in [2.45, 2.75) is 56.5 Å².